The van der Waals surface area contributed by atoms with Crippen LogP contribution in [0.4, 0.5) is 8.78 Å². The van der Waals surface area contributed by atoms with Gasteiger partial charge in [0.15, 0.2) is 11.6 Å². The Morgan fingerprint density at radius 3 is 1.98 bits per heavy atom. The van der Waals surface area contributed by atoms with Crippen molar-refractivity contribution < 1.29 is 23.2 Å². The van der Waals surface area contributed by atoms with Crippen LogP contribution in [-0.4, -0.2) is 58.2 Å². The highest BCUT2D eigenvalue weighted by molar-refractivity contribution is 6.21. The molecule has 0 unspecified atom stereocenters. The summed E-state index contributed by atoms with van der Waals surface area (Å²) in [6.45, 7) is 7.43. The third kappa shape index (κ3) is 12.2. The second-order valence-corrected chi connectivity index (χ2v) is 15.5. The lowest BCUT2D eigenvalue weighted by molar-refractivity contribution is -0.132. The Labute approximate surface area is 342 Å². The number of benzene rings is 2. The van der Waals surface area contributed by atoms with E-state index < -0.39 is 23.0 Å². The van der Waals surface area contributed by atoms with Gasteiger partial charge in [-0.3, -0.25) is 14.4 Å². The summed E-state index contributed by atoms with van der Waals surface area (Å²) in [7, 11) is 0. The van der Waals surface area contributed by atoms with Crippen LogP contribution < -0.4 is 5.32 Å². The molecule has 9 heteroatoms. The molecule has 7 nitrogen and oxygen atoms in total. The first-order valence-corrected chi connectivity index (χ1v) is 20.7. The van der Waals surface area contributed by atoms with Gasteiger partial charge in [0.1, 0.15) is 0 Å². The van der Waals surface area contributed by atoms with Crippen molar-refractivity contribution in [3.63, 3.8) is 0 Å². The van der Waals surface area contributed by atoms with Gasteiger partial charge in [0.2, 0.25) is 5.91 Å². The van der Waals surface area contributed by atoms with Crippen LogP contribution in [-0.2, 0) is 15.0 Å². The molecule has 0 spiro atoms. The summed E-state index contributed by atoms with van der Waals surface area (Å²) in [4.78, 5) is 47.6. The van der Waals surface area contributed by atoms with Crippen LogP contribution in [0.1, 0.15) is 107 Å². The maximum Gasteiger partial charge on any atom is 0.257 e. The van der Waals surface area contributed by atoms with E-state index in [1.807, 2.05) is 43.0 Å². The Hall–Kier alpha value is -5.57. The lowest BCUT2D eigenvalue weighted by Crippen LogP contribution is -2.46. The Morgan fingerprint density at radius 2 is 1.38 bits per heavy atom. The van der Waals surface area contributed by atoms with Gasteiger partial charge < -0.3 is 20.1 Å². The highest BCUT2D eigenvalue weighted by atomic mass is 19.2. The molecule has 0 atom stereocenters. The SMILES string of the molecule is CCC=CCC=CCC=CCC=CCC=CCC=CCCC(=O)N1CCC(NC(=O)C2=CN(C(=O)c3ccc(F)c(F)c3)CC(C)(C)c3c2[nH]c2ccccc32)CC1. The number of aromatic amines is 1. The molecule has 5 rings (SSSR count). The van der Waals surface area contributed by atoms with Crippen molar-refractivity contribution in [2.45, 2.75) is 96.4 Å². The minimum atomic E-state index is -1.11. The van der Waals surface area contributed by atoms with Crippen molar-refractivity contribution in [2.75, 3.05) is 19.6 Å². The fourth-order valence-electron chi connectivity index (χ4n) is 7.46. The average molecular weight is 789 g/mol. The number of hydrogen-bond acceptors (Lipinski definition) is 3. The van der Waals surface area contributed by atoms with Gasteiger partial charge in [0, 0.05) is 60.2 Å². The molecule has 3 heterocycles. The zero-order valence-electron chi connectivity index (χ0n) is 34.2. The normalized spacial score (nSPS) is 16.5. The zero-order chi connectivity index (χ0) is 41.3. The molecular weight excluding hydrogens is 731 g/mol. The maximum absolute atomic E-state index is 14.2. The number of fused-ring (bicyclic) bond motifs is 3. The van der Waals surface area contributed by atoms with Crippen LogP contribution in [0.2, 0.25) is 0 Å². The molecule has 58 heavy (non-hydrogen) atoms. The molecule has 0 radical (unpaired) electrons. The number of halogens is 2. The molecule has 0 aliphatic carbocycles. The first-order valence-electron chi connectivity index (χ1n) is 20.7. The quantitative estimate of drug-likeness (QED) is 0.134. The predicted molar refractivity (Wildman–Crippen MR) is 232 cm³/mol. The zero-order valence-corrected chi connectivity index (χ0v) is 34.2. The molecule has 306 valence electrons. The van der Waals surface area contributed by atoms with E-state index in [9.17, 15) is 23.2 Å². The van der Waals surface area contributed by atoms with E-state index in [2.05, 4.69) is 90.1 Å². The van der Waals surface area contributed by atoms with Crippen molar-refractivity contribution in [2.24, 2.45) is 0 Å². The van der Waals surface area contributed by atoms with Crippen LogP contribution in [0.5, 0.6) is 0 Å². The Kier molecular flexibility index (Phi) is 16.4. The summed E-state index contributed by atoms with van der Waals surface area (Å²) in [6.07, 6.45) is 35.6. The topological polar surface area (TPSA) is 85.5 Å². The summed E-state index contributed by atoms with van der Waals surface area (Å²) >= 11 is 0. The molecule has 1 aromatic heterocycles. The molecule has 2 aliphatic rings. The average Bonchev–Trinajstić information content (AvgIpc) is 3.56. The van der Waals surface area contributed by atoms with Gasteiger partial charge >= 0.3 is 0 Å². The van der Waals surface area contributed by atoms with Crippen molar-refractivity contribution >= 4 is 34.2 Å². The van der Waals surface area contributed by atoms with Crippen LogP contribution >= 0.6 is 0 Å². The summed E-state index contributed by atoms with van der Waals surface area (Å²) in [6, 6.07) is 10.7. The summed E-state index contributed by atoms with van der Waals surface area (Å²) in [5, 5.41) is 4.11. The standard InChI is InChI=1S/C49H58F2N4O3/c1-4-5-6-7-8-9-10-11-12-13-14-15-16-17-18-19-20-21-22-27-44(56)54-32-30-38(31-33-54)52-47(57)40-35-55(48(58)37-28-29-41(50)42(51)34-37)36-49(2,3)45-39-25-23-24-26-43(39)53-46(40)45/h5-6,8-9,11-12,14-15,17-18,20-21,23-26,28-29,34-35,38,53H,4,7,10,13,16,19,22,27,30-33,36H2,1-3H3,(H,52,57). The Bertz CT molecular complexity index is 2090. The summed E-state index contributed by atoms with van der Waals surface area (Å²) in [5.41, 5.74) is 2.04. The molecule has 0 saturated carbocycles. The molecule has 0 bridgehead atoms. The van der Waals surface area contributed by atoms with E-state index in [0.29, 0.717) is 44.5 Å². The van der Waals surface area contributed by atoms with Crippen LogP contribution in [0.15, 0.2) is 122 Å². The van der Waals surface area contributed by atoms with E-state index in [1.54, 1.807) is 0 Å². The van der Waals surface area contributed by atoms with Gasteiger partial charge in [-0.2, -0.15) is 0 Å². The minimum Gasteiger partial charge on any atom is -0.354 e. The number of hydrogen-bond donors (Lipinski definition) is 2. The molecule has 3 amide bonds. The van der Waals surface area contributed by atoms with Gasteiger partial charge in [0.05, 0.1) is 11.3 Å². The highest BCUT2D eigenvalue weighted by Crippen LogP contribution is 2.40. The number of nitrogens with one attached hydrogen (secondary N) is 2. The molecule has 3 aromatic rings. The number of carbonyl (C=O) groups excluding carboxylic acids is 3. The van der Waals surface area contributed by atoms with E-state index in [4.69, 9.17) is 0 Å². The van der Waals surface area contributed by atoms with E-state index >= 15 is 0 Å². The molecule has 1 saturated heterocycles. The van der Waals surface area contributed by atoms with Gasteiger partial charge in [0.25, 0.3) is 11.8 Å². The summed E-state index contributed by atoms with van der Waals surface area (Å²) < 4.78 is 27.9. The van der Waals surface area contributed by atoms with Gasteiger partial charge in [-0.05, 0) is 87.6 Å². The second kappa shape index (κ2) is 21.8. The number of para-hydroxylation sites is 1. The lowest BCUT2D eigenvalue weighted by Gasteiger charge is -2.32. The number of allylic oxidation sites excluding steroid dienone is 12. The lowest BCUT2D eigenvalue weighted by atomic mass is 9.81. The minimum absolute atomic E-state index is 0.0148. The number of rotatable bonds is 17. The van der Waals surface area contributed by atoms with Crippen molar-refractivity contribution in [3.05, 3.63) is 150 Å². The molecular formula is C49H58F2N4O3. The number of amides is 3. The van der Waals surface area contributed by atoms with Crippen LogP contribution in [0, 0.1) is 11.6 Å². The summed E-state index contributed by atoms with van der Waals surface area (Å²) in [5.74, 6) is -2.94. The number of piperidine rings is 1. The van der Waals surface area contributed by atoms with Gasteiger partial charge in [-0.15, -0.1) is 0 Å². The van der Waals surface area contributed by atoms with Crippen LogP contribution in [0.3, 0.4) is 0 Å². The van der Waals surface area contributed by atoms with Crippen LogP contribution in [0.25, 0.3) is 16.5 Å². The van der Waals surface area contributed by atoms with Crippen molar-refractivity contribution in [1.29, 1.82) is 0 Å². The Morgan fingerprint density at radius 1 is 0.793 bits per heavy atom. The highest BCUT2D eigenvalue weighted by Gasteiger charge is 2.38. The number of likely N-dealkylation sites (tertiary alicyclic amines) is 1. The van der Waals surface area contributed by atoms with Gasteiger partial charge in [-0.25, -0.2) is 8.78 Å². The smallest absolute Gasteiger partial charge is 0.257 e. The third-order valence-corrected chi connectivity index (χ3v) is 10.5. The second-order valence-electron chi connectivity index (χ2n) is 15.5. The van der Waals surface area contributed by atoms with Gasteiger partial charge in [-0.1, -0.05) is 112 Å². The number of H-pyrrole nitrogens is 1. The largest absolute Gasteiger partial charge is 0.354 e. The van der Waals surface area contributed by atoms with E-state index in [1.165, 1.54) is 17.2 Å². The third-order valence-electron chi connectivity index (χ3n) is 10.5. The van der Waals surface area contributed by atoms with E-state index in [-0.39, 0.29) is 35.5 Å². The first-order chi connectivity index (χ1) is 28.1. The van der Waals surface area contributed by atoms with Crippen molar-refractivity contribution in [3.8, 4) is 0 Å². The fourth-order valence-corrected chi connectivity index (χ4v) is 7.46. The van der Waals surface area contributed by atoms with E-state index in [0.717, 1.165) is 67.1 Å². The van der Waals surface area contributed by atoms with Crippen molar-refractivity contribution in [1.82, 2.24) is 20.1 Å². The number of carbonyl (C=O) groups is 3. The number of aromatic nitrogens is 1. The Balaban J connectivity index is 1.08. The predicted octanol–water partition coefficient (Wildman–Crippen LogP) is 10.8. The first kappa shape index (κ1) is 43.6. The molecule has 1 fully saturated rings. The monoisotopic (exact) mass is 788 g/mol. The maximum atomic E-state index is 14.2. The molecule has 2 N–H and O–H groups in total. The number of nitrogens with zero attached hydrogens (tertiary/aromatic N) is 2. The fraction of sp³-hybridized carbons (Fsp3) is 0.367. The molecule has 2 aromatic carbocycles. The molecule has 2 aliphatic heterocycles.